The zero-order chi connectivity index (χ0) is 27.4. The highest BCUT2D eigenvalue weighted by atomic mass is 35.5. The molecule has 0 saturated carbocycles. The number of carbonyl (C=O) groups is 1. The predicted molar refractivity (Wildman–Crippen MR) is 162 cm³/mol. The third kappa shape index (κ3) is 6.87. The molecule has 5 rings (SSSR count). The predicted octanol–water partition coefficient (Wildman–Crippen LogP) is 6.98. The summed E-state index contributed by atoms with van der Waals surface area (Å²) in [5.74, 6) is 1.01. The first-order valence-electron chi connectivity index (χ1n) is 13.3. The van der Waals surface area contributed by atoms with E-state index in [0.29, 0.717) is 27.2 Å². The highest BCUT2D eigenvalue weighted by Gasteiger charge is 2.22. The minimum Gasteiger partial charge on any atom is -0.341 e. The first-order valence-corrected chi connectivity index (χ1v) is 14.4. The molecule has 1 atom stereocenters. The maximum Gasteiger partial charge on any atom is 0.253 e. The van der Waals surface area contributed by atoms with E-state index in [-0.39, 0.29) is 11.8 Å². The van der Waals surface area contributed by atoms with Crippen LogP contribution in [0.15, 0.2) is 66.7 Å². The lowest BCUT2D eigenvalue weighted by molar-refractivity contribution is 0.0783. The average molecular weight is 585 g/mol. The number of H-pyrrole nitrogens is 1. The van der Waals surface area contributed by atoms with Crippen LogP contribution in [0.25, 0.3) is 11.0 Å². The van der Waals surface area contributed by atoms with Crippen molar-refractivity contribution >= 4 is 57.7 Å². The largest absolute Gasteiger partial charge is 0.341 e. The highest BCUT2D eigenvalue weighted by Crippen LogP contribution is 2.29. The Kier molecular flexibility index (Phi) is 8.98. The molecule has 0 spiro atoms. The van der Waals surface area contributed by atoms with Crippen LogP contribution in [0.4, 0.5) is 5.95 Å². The minimum absolute atomic E-state index is 0.0343. The van der Waals surface area contributed by atoms with E-state index in [1.54, 1.807) is 29.2 Å². The summed E-state index contributed by atoms with van der Waals surface area (Å²) in [5.41, 5.74) is 3.76. The number of aromatic amines is 1. The second kappa shape index (κ2) is 12.6. The summed E-state index contributed by atoms with van der Waals surface area (Å²) in [6.07, 6.45) is 1.95. The van der Waals surface area contributed by atoms with E-state index in [2.05, 4.69) is 20.9 Å². The Bertz CT molecular complexity index is 1390. The summed E-state index contributed by atoms with van der Waals surface area (Å²) in [4.78, 5) is 28.0. The number of hydrogen-bond donors (Lipinski definition) is 1. The van der Waals surface area contributed by atoms with Crippen LogP contribution in [0.5, 0.6) is 0 Å². The number of nitrogens with zero attached hydrogens (tertiary/aromatic N) is 4. The van der Waals surface area contributed by atoms with E-state index in [1.165, 1.54) is 0 Å². The molecule has 9 heteroatoms. The molecular weight excluding hydrogens is 553 g/mol. The number of rotatable bonds is 8. The number of fused-ring (bicyclic) bond motifs is 1. The first-order chi connectivity index (χ1) is 18.9. The van der Waals surface area contributed by atoms with Crippen LogP contribution in [0.3, 0.4) is 0 Å². The molecular formula is C30H32Cl3N5O. The van der Waals surface area contributed by atoms with E-state index in [1.807, 2.05) is 43.4 Å². The van der Waals surface area contributed by atoms with Crippen molar-refractivity contribution in [3.8, 4) is 0 Å². The van der Waals surface area contributed by atoms with Gasteiger partial charge in [-0.15, -0.1) is 0 Å². The second-order valence-corrected chi connectivity index (χ2v) is 11.4. The van der Waals surface area contributed by atoms with E-state index in [9.17, 15) is 4.79 Å². The van der Waals surface area contributed by atoms with Gasteiger partial charge in [0.2, 0.25) is 5.95 Å². The lowest BCUT2D eigenvalue weighted by Crippen LogP contribution is -2.35. The Balaban J connectivity index is 1.25. The molecule has 1 amide bonds. The number of halogens is 3. The number of hydrogen-bond acceptors (Lipinski definition) is 4. The lowest BCUT2D eigenvalue weighted by Gasteiger charge is -2.28. The van der Waals surface area contributed by atoms with Gasteiger partial charge >= 0.3 is 0 Å². The smallest absolute Gasteiger partial charge is 0.253 e. The van der Waals surface area contributed by atoms with Crippen LogP contribution in [-0.4, -0.2) is 72.0 Å². The van der Waals surface area contributed by atoms with Crippen LogP contribution >= 0.6 is 34.8 Å². The first kappa shape index (κ1) is 27.8. The van der Waals surface area contributed by atoms with Gasteiger partial charge in [-0.3, -0.25) is 4.79 Å². The third-order valence-electron chi connectivity index (χ3n) is 7.41. The molecule has 0 radical (unpaired) electrons. The SMILES string of the molecule is CN(CC(CCN1CCCN(c2nc3ccccc3[nH]2)CC1)c1ccc(Cl)c(Cl)c1)C(=O)c1ccc(Cl)cc1. The number of nitrogens with one attached hydrogen (secondary N) is 1. The van der Waals surface area contributed by atoms with Crippen LogP contribution in [-0.2, 0) is 0 Å². The van der Waals surface area contributed by atoms with Gasteiger partial charge in [0.15, 0.2) is 0 Å². The van der Waals surface area contributed by atoms with Crippen molar-refractivity contribution in [3.63, 3.8) is 0 Å². The van der Waals surface area contributed by atoms with Crippen molar-refractivity contribution in [1.29, 1.82) is 0 Å². The second-order valence-electron chi connectivity index (χ2n) is 10.1. The molecule has 1 unspecified atom stereocenters. The van der Waals surface area contributed by atoms with Crippen molar-refractivity contribution in [2.75, 3.05) is 51.2 Å². The molecule has 1 saturated heterocycles. The van der Waals surface area contributed by atoms with Crippen molar-refractivity contribution in [2.24, 2.45) is 0 Å². The Morgan fingerprint density at radius 3 is 2.54 bits per heavy atom. The average Bonchev–Trinajstić information content (AvgIpc) is 3.23. The number of imidazole rings is 1. The van der Waals surface area contributed by atoms with Gasteiger partial charge in [-0.05, 0) is 80.0 Å². The normalized spacial score (nSPS) is 15.3. The Morgan fingerprint density at radius 1 is 0.974 bits per heavy atom. The van der Waals surface area contributed by atoms with Crippen molar-refractivity contribution < 1.29 is 4.79 Å². The van der Waals surface area contributed by atoms with Crippen LogP contribution in [0.1, 0.15) is 34.7 Å². The summed E-state index contributed by atoms with van der Waals surface area (Å²) < 4.78 is 0. The molecule has 204 valence electrons. The summed E-state index contributed by atoms with van der Waals surface area (Å²) in [7, 11) is 1.85. The van der Waals surface area contributed by atoms with E-state index >= 15 is 0 Å². The van der Waals surface area contributed by atoms with Gasteiger partial charge < -0.3 is 19.7 Å². The van der Waals surface area contributed by atoms with Crippen LogP contribution in [0, 0.1) is 0 Å². The zero-order valence-corrected chi connectivity index (χ0v) is 24.2. The molecule has 39 heavy (non-hydrogen) atoms. The molecule has 1 fully saturated rings. The molecule has 0 aliphatic carbocycles. The number of benzene rings is 3. The number of amides is 1. The van der Waals surface area contributed by atoms with Gasteiger partial charge in [-0.2, -0.15) is 0 Å². The van der Waals surface area contributed by atoms with Gasteiger partial charge in [-0.25, -0.2) is 4.98 Å². The fourth-order valence-corrected chi connectivity index (χ4v) is 5.62. The Labute approximate surface area is 244 Å². The number of likely N-dealkylation sites (N-methyl/N-ethyl adjacent to an activating group) is 1. The fraction of sp³-hybridized carbons (Fsp3) is 0.333. The summed E-state index contributed by atoms with van der Waals surface area (Å²) in [5, 5.41) is 1.67. The van der Waals surface area contributed by atoms with Gasteiger partial charge in [0.1, 0.15) is 0 Å². The summed E-state index contributed by atoms with van der Waals surface area (Å²) >= 11 is 18.6. The molecule has 6 nitrogen and oxygen atoms in total. The van der Waals surface area contributed by atoms with Gasteiger partial charge in [0, 0.05) is 49.7 Å². The fourth-order valence-electron chi connectivity index (χ4n) is 5.19. The number of aromatic nitrogens is 2. The molecule has 0 bridgehead atoms. The zero-order valence-electron chi connectivity index (χ0n) is 21.9. The molecule has 3 aromatic carbocycles. The van der Waals surface area contributed by atoms with Gasteiger partial charge in [-0.1, -0.05) is 53.0 Å². The molecule has 2 heterocycles. The highest BCUT2D eigenvalue weighted by molar-refractivity contribution is 6.42. The summed E-state index contributed by atoms with van der Waals surface area (Å²) in [6.45, 7) is 5.33. The molecule has 1 aliphatic rings. The number of para-hydroxylation sites is 2. The molecule has 4 aromatic rings. The maximum atomic E-state index is 13.1. The molecule has 1 aromatic heterocycles. The van der Waals surface area contributed by atoms with Gasteiger partial charge in [0.25, 0.3) is 5.91 Å². The summed E-state index contributed by atoms with van der Waals surface area (Å²) in [6, 6.07) is 20.9. The minimum atomic E-state index is -0.0343. The van der Waals surface area contributed by atoms with Crippen LogP contribution in [0.2, 0.25) is 15.1 Å². The van der Waals surface area contributed by atoms with Crippen molar-refractivity contribution in [1.82, 2.24) is 19.8 Å². The number of anilines is 1. The molecule has 1 N–H and O–H groups in total. The third-order valence-corrected chi connectivity index (χ3v) is 8.40. The van der Waals surface area contributed by atoms with Crippen LogP contribution < -0.4 is 4.90 Å². The Morgan fingerprint density at radius 2 is 1.77 bits per heavy atom. The van der Waals surface area contributed by atoms with Crippen molar-refractivity contribution in [2.45, 2.75) is 18.8 Å². The lowest BCUT2D eigenvalue weighted by atomic mass is 9.94. The van der Waals surface area contributed by atoms with E-state index < -0.39 is 0 Å². The monoisotopic (exact) mass is 583 g/mol. The standard InChI is InChI=1S/C30H32Cl3N5O/c1-36(29(39)21-7-10-24(31)11-8-21)20-23(22-9-12-25(32)26(33)19-22)13-16-37-14-4-15-38(18-17-37)30-34-27-5-2-3-6-28(27)35-30/h2-3,5-12,19,23H,4,13-18,20H2,1H3,(H,34,35). The topological polar surface area (TPSA) is 55.5 Å². The van der Waals surface area contributed by atoms with E-state index in [4.69, 9.17) is 39.8 Å². The van der Waals surface area contributed by atoms with Crippen molar-refractivity contribution in [3.05, 3.63) is 92.9 Å². The maximum absolute atomic E-state index is 13.1. The Hall–Kier alpha value is -2.77. The number of carbonyl (C=O) groups excluding carboxylic acids is 1. The van der Waals surface area contributed by atoms with Gasteiger partial charge in [0.05, 0.1) is 21.1 Å². The van der Waals surface area contributed by atoms with E-state index in [0.717, 1.165) is 68.1 Å². The quantitative estimate of drug-likeness (QED) is 0.243. The molecule has 1 aliphatic heterocycles.